The predicted molar refractivity (Wildman–Crippen MR) is 109 cm³/mol. The first-order valence-corrected chi connectivity index (χ1v) is 9.64. The second-order valence-corrected chi connectivity index (χ2v) is 8.35. The third-order valence-electron chi connectivity index (χ3n) is 3.28. The van der Waals surface area contributed by atoms with Crippen molar-refractivity contribution in [1.82, 2.24) is 9.88 Å². The third kappa shape index (κ3) is 4.53. The molecule has 0 saturated carbocycles. The number of nitrogens with zero attached hydrogens (tertiary/aromatic N) is 3. The highest BCUT2D eigenvalue weighted by molar-refractivity contribution is 8.10. The number of imide groups is 1. The number of rotatable bonds is 6. The molecule has 2 heterocycles. The van der Waals surface area contributed by atoms with Crippen molar-refractivity contribution < 1.29 is 9.59 Å². The molecule has 0 radical (unpaired) electrons. The van der Waals surface area contributed by atoms with Crippen LogP contribution in [0, 0.1) is 0 Å². The lowest BCUT2D eigenvalue weighted by atomic mass is 10.1. The fourth-order valence-corrected chi connectivity index (χ4v) is 4.06. The lowest BCUT2D eigenvalue weighted by molar-refractivity contribution is -0.142. The zero-order chi connectivity index (χ0) is 19.3. The fraction of sp³-hybridized carbons (Fsp3) is 0.263. The van der Waals surface area contributed by atoms with E-state index in [0.29, 0.717) is 19.9 Å². The number of hydrogen-bond acceptors (Lipinski definition) is 6. The van der Waals surface area contributed by atoms with Crippen LogP contribution in [-0.2, 0) is 9.59 Å². The van der Waals surface area contributed by atoms with Crippen LogP contribution < -0.4 is 0 Å². The summed E-state index contributed by atoms with van der Waals surface area (Å²) in [5.41, 5.74) is -0.618. The summed E-state index contributed by atoms with van der Waals surface area (Å²) in [7, 11) is 0. The van der Waals surface area contributed by atoms with Crippen LogP contribution in [-0.4, -0.2) is 33.5 Å². The lowest BCUT2D eigenvalue weighted by Crippen LogP contribution is -2.46. The second kappa shape index (κ2) is 8.51. The molecule has 0 saturated heterocycles. The van der Waals surface area contributed by atoms with Crippen LogP contribution in [0.25, 0.3) is 0 Å². The lowest BCUT2D eigenvalue weighted by Gasteiger charge is -2.30. The van der Waals surface area contributed by atoms with Crippen molar-refractivity contribution in [3.8, 4) is 0 Å². The fourth-order valence-electron chi connectivity index (χ4n) is 2.18. The molecule has 26 heavy (non-hydrogen) atoms. The van der Waals surface area contributed by atoms with Crippen molar-refractivity contribution in [2.75, 3.05) is 0 Å². The van der Waals surface area contributed by atoms with Gasteiger partial charge >= 0.3 is 0 Å². The normalized spacial score (nSPS) is 16.2. The Morgan fingerprint density at radius 3 is 2.46 bits per heavy atom. The summed E-state index contributed by atoms with van der Waals surface area (Å²) in [5.74, 6) is -0.608. The maximum atomic E-state index is 13.0. The zero-order valence-corrected chi connectivity index (χ0v) is 16.9. The first-order valence-electron chi connectivity index (χ1n) is 8.01. The van der Waals surface area contributed by atoms with Crippen molar-refractivity contribution in [1.29, 1.82) is 0 Å². The van der Waals surface area contributed by atoms with Crippen molar-refractivity contribution in [3.05, 3.63) is 58.0 Å². The molecule has 0 fully saturated rings. The summed E-state index contributed by atoms with van der Waals surface area (Å²) < 4.78 is 0. The molecular weight excluding hydrogens is 366 g/mol. The molecular formula is C19H21N3O2S2. The van der Waals surface area contributed by atoms with Crippen LogP contribution in [0.3, 0.4) is 0 Å². The molecule has 2 amide bonds. The minimum absolute atomic E-state index is 0.302. The SMILES string of the molecule is C=CC=N/C(=C\C)SC1=C(Sc2ccccn2)C(=O)N(C(C)(C)C)C1=O. The number of aliphatic imine (C=N–C) groups is 1. The Bertz CT molecular complexity index is 806. The molecule has 0 spiro atoms. The molecule has 0 atom stereocenters. The Labute approximate surface area is 162 Å². The summed E-state index contributed by atoms with van der Waals surface area (Å²) in [6.45, 7) is 11.0. The van der Waals surface area contributed by atoms with E-state index in [4.69, 9.17) is 0 Å². The quantitative estimate of drug-likeness (QED) is 0.535. The number of allylic oxidation sites excluding steroid dienone is 2. The molecule has 5 nitrogen and oxygen atoms in total. The number of pyridine rings is 1. The van der Waals surface area contributed by atoms with Crippen LogP contribution in [0.1, 0.15) is 27.7 Å². The van der Waals surface area contributed by atoms with Gasteiger partial charge in [-0.2, -0.15) is 0 Å². The van der Waals surface area contributed by atoms with E-state index in [9.17, 15) is 9.59 Å². The van der Waals surface area contributed by atoms with E-state index in [1.165, 1.54) is 28.4 Å². The van der Waals surface area contributed by atoms with E-state index in [2.05, 4.69) is 16.6 Å². The molecule has 2 rings (SSSR count). The average molecular weight is 388 g/mol. The molecule has 136 valence electrons. The van der Waals surface area contributed by atoms with Crippen LogP contribution in [0.2, 0.25) is 0 Å². The topological polar surface area (TPSA) is 62.6 Å². The number of carbonyl (C=O) groups is 2. The predicted octanol–water partition coefficient (Wildman–Crippen LogP) is 4.40. The van der Waals surface area contributed by atoms with Gasteiger partial charge in [-0.05, 0) is 39.8 Å². The minimum Gasteiger partial charge on any atom is -0.268 e. The highest BCUT2D eigenvalue weighted by Gasteiger charge is 2.45. The van der Waals surface area contributed by atoms with Crippen LogP contribution in [0.15, 0.2) is 68.0 Å². The van der Waals surface area contributed by atoms with Crippen molar-refractivity contribution in [2.45, 2.75) is 38.3 Å². The van der Waals surface area contributed by atoms with Gasteiger partial charge in [0, 0.05) is 18.0 Å². The van der Waals surface area contributed by atoms with E-state index in [1.807, 2.05) is 39.8 Å². The molecule has 0 aliphatic carbocycles. The molecule has 7 heteroatoms. The molecule has 0 bridgehead atoms. The van der Waals surface area contributed by atoms with Gasteiger partial charge < -0.3 is 0 Å². The Morgan fingerprint density at radius 1 is 1.23 bits per heavy atom. The Morgan fingerprint density at radius 2 is 1.92 bits per heavy atom. The largest absolute Gasteiger partial charge is 0.269 e. The molecule has 0 unspecified atom stereocenters. The highest BCUT2D eigenvalue weighted by atomic mass is 32.2. The molecule has 1 aromatic heterocycles. The van der Waals surface area contributed by atoms with Gasteiger partial charge in [0.15, 0.2) is 0 Å². The van der Waals surface area contributed by atoms with Gasteiger partial charge in [-0.3, -0.25) is 14.5 Å². The Kier molecular flexibility index (Phi) is 6.61. The average Bonchev–Trinajstić information content (AvgIpc) is 2.82. The van der Waals surface area contributed by atoms with Gasteiger partial charge in [-0.15, -0.1) is 0 Å². The second-order valence-electron chi connectivity index (χ2n) is 6.29. The van der Waals surface area contributed by atoms with Gasteiger partial charge in [-0.25, -0.2) is 9.98 Å². The summed E-state index contributed by atoms with van der Waals surface area (Å²) in [6, 6.07) is 5.46. The van der Waals surface area contributed by atoms with Gasteiger partial charge in [0.2, 0.25) is 0 Å². The number of aromatic nitrogens is 1. The zero-order valence-electron chi connectivity index (χ0n) is 15.2. The number of hydrogen-bond donors (Lipinski definition) is 0. The maximum absolute atomic E-state index is 13.0. The van der Waals surface area contributed by atoms with Gasteiger partial charge in [0.1, 0.15) is 5.03 Å². The van der Waals surface area contributed by atoms with Crippen LogP contribution in [0.4, 0.5) is 0 Å². The van der Waals surface area contributed by atoms with E-state index in [1.54, 1.807) is 30.6 Å². The molecule has 1 aromatic rings. The van der Waals surface area contributed by atoms with Crippen LogP contribution >= 0.6 is 23.5 Å². The Balaban J connectivity index is 2.46. The van der Waals surface area contributed by atoms with Gasteiger partial charge in [-0.1, -0.05) is 48.3 Å². The third-order valence-corrected chi connectivity index (χ3v) is 5.57. The standard InChI is InChI=1S/C19H21N3O2S2/c1-6-11-20-13(7-2)25-15-16(26-14-10-8-9-12-21-14)18(24)22(17(15)23)19(3,4)5/h6-12H,1H2,2-5H3/b13-7+,20-11?. The summed E-state index contributed by atoms with van der Waals surface area (Å²) >= 11 is 2.39. The summed E-state index contributed by atoms with van der Waals surface area (Å²) in [6.07, 6.45) is 6.56. The van der Waals surface area contributed by atoms with E-state index < -0.39 is 5.54 Å². The molecule has 1 aliphatic heterocycles. The van der Waals surface area contributed by atoms with Crippen molar-refractivity contribution in [2.24, 2.45) is 4.99 Å². The minimum atomic E-state index is -0.618. The summed E-state index contributed by atoms with van der Waals surface area (Å²) in [4.78, 5) is 36.5. The smallest absolute Gasteiger partial charge is 0.268 e. The van der Waals surface area contributed by atoms with E-state index in [0.717, 1.165) is 0 Å². The molecule has 1 aliphatic rings. The van der Waals surface area contributed by atoms with Gasteiger partial charge in [0.25, 0.3) is 11.8 Å². The first-order chi connectivity index (χ1) is 12.3. The maximum Gasteiger partial charge on any atom is 0.269 e. The highest BCUT2D eigenvalue weighted by Crippen LogP contribution is 2.43. The van der Waals surface area contributed by atoms with Crippen molar-refractivity contribution >= 4 is 41.6 Å². The van der Waals surface area contributed by atoms with Crippen LogP contribution in [0.5, 0.6) is 0 Å². The number of thioether (sulfide) groups is 2. The Hall–Kier alpha value is -2.12. The summed E-state index contributed by atoms with van der Waals surface area (Å²) in [5, 5.41) is 1.28. The van der Waals surface area contributed by atoms with E-state index in [-0.39, 0.29) is 11.8 Å². The number of amides is 2. The first kappa shape index (κ1) is 20.2. The van der Waals surface area contributed by atoms with E-state index >= 15 is 0 Å². The monoisotopic (exact) mass is 387 g/mol. The number of carbonyl (C=O) groups excluding carboxylic acids is 2. The van der Waals surface area contributed by atoms with Gasteiger partial charge in [0.05, 0.1) is 14.8 Å². The van der Waals surface area contributed by atoms with Crippen molar-refractivity contribution in [3.63, 3.8) is 0 Å². The molecule has 0 aromatic carbocycles. The molecule has 0 N–H and O–H groups in total.